The number of halogens is 1. The van der Waals surface area contributed by atoms with E-state index in [1.165, 1.54) is 4.90 Å². The van der Waals surface area contributed by atoms with E-state index in [2.05, 4.69) is 0 Å². The first-order chi connectivity index (χ1) is 6.37. The Kier molecular flexibility index (Phi) is 2.78. The van der Waals surface area contributed by atoms with E-state index in [1.807, 2.05) is 0 Å². The molecular formula is C9H14FNO3. The van der Waals surface area contributed by atoms with Gasteiger partial charge in [-0.25, -0.2) is 9.18 Å². The van der Waals surface area contributed by atoms with Gasteiger partial charge in [-0.1, -0.05) is 13.8 Å². The lowest BCUT2D eigenvalue weighted by atomic mass is 10.1. The fraction of sp³-hybridized carbons (Fsp3) is 0.778. The molecule has 1 N–H and O–H groups in total. The molecule has 4 nitrogen and oxygen atoms in total. The number of amides is 1. The first-order valence-corrected chi connectivity index (χ1v) is 4.58. The number of carbonyl (C=O) groups excluding carboxylic acids is 1. The molecule has 1 rings (SSSR count). The van der Waals surface area contributed by atoms with E-state index in [0.29, 0.717) is 0 Å². The third-order valence-corrected chi connectivity index (χ3v) is 2.41. The molecule has 0 aromatic rings. The van der Waals surface area contributed by atoms with Crippen LogP contribution in [-0.4, -0.2) is 40.6 Å². The Balaban J connectivity index is 2.66. The van der Waals surface area contributed by atoms with Crippen LogP contribution in [0.5, 0.6) is 0 Å². The summed E-state index contributed by atoms with van der Waals surface area (Å²) in [7, 11) is 0. The maximum absolute atomic E-state index is 13.5. The van der Waals surface area contributed by atoms with Crippen LogP contribution in [0.25, 0.3) is 0 Å². The number of rotatable bonds is 2. The smallest absolute Gasteiger partial charge is 0.343 e. The summed E-state index contributed by atoms with van der Waals surface area (Å²) in [6, 6.07) is 0. The van der Waals surface area contributed by atoms with Crippen LogP contribution in [0.1, 0.15) is 20.3 Å². The summed E-state index contributed by atoms with van der Waals surface area (Å²) in [5.74, 6) is -1.88. The molecule has 1 heterocycles. The van der Waals surface area contributed by atoms with Crippen LogP contribution in [-0.2, 0) is 9.59 Å². The number of aliphatic carboxylic acids is 1. The van der Waals surface area contributed by atoms with Crippen molar-refractivity contribution in [3.8, 4) is 0 Å². The lowest BCUT2D eigenvalue weighted by Gasteiger charge is -2.19. The van der Waals surface area contributed by atoms with E-state index >= 15 is 0 Å². The molecule has 5 heteroatoms. The van der Waals surface area contributed by atoms with Gasteiger partial charge < -0.3 is 10.0 Å². The summed E-state index contributed by atoms with van der Waals surface area (Å²) in [5, 5.41) is 8.60. The third-order valence-electron chi connectivity index (χ3n) is 2.41. The average molecular weight is 203 g/mol. The highest BCUT2D eigenvalue weighted by molar-refractivity contribution is 5.83. The number of nitrogens with zero attached hydrogens (tertiary/aromatic N) is 1. The molecule has 0 aliphatic carbocycles. The van der Waals surface area contributed by atoms with Crippen molar-refractivity contribution in [2.75, 3.05) is 13.1 Å². The maximum Gasteiger partial charge on any atom is 0.343 e. The van der Waals surface area contributed by atoms with Crippen molar-refractivity contribution in [2.45, 2.75) is 25.9 Å². The number of hydrogen-bond acceptors (Lipinski definition) is 2. The average Bonchev–Trinajstić information content (AvgIpc) is 2.48. The van der Waals surface area contributed by atoms with Crippen molar-refractivity contribution in [2.24, 2.45) is 5.92 Å². The third kappa shape index (κ3) is 1.86. The summed E-state index contributed by atoms with van der Waals surface area (Å²) in [5.41, 5.74) is -2.25. The zero-order chi connectivity index (χ0) is 10.9. The van der Waals surface area contributed by atoms with Gasteiger partial charge in [-0.3, -0.25) is 4.79 Å². The summed E-state index contributed by atoms with van der Waals surface area (Å²) in [6.45, 7) is 3.29. The van der Waals surface area contributed by atoms with Gasteiger partial charge in [-0.05, 0) is 0 Å². The topological polar surface area (TPSA) is 57.6 Å². The quantitative estimate of drug-likeness (QED) is 0.717. The molecule has 1 amide bonds. The summed E-state index contributed by atoms with van der Waals surface area (Å²) < 4.78 is 13.5. The van der Waals surface area contributed by atoms with Crippen LogP contribution in [0.2, 0.25) is 0 Å². The van der Waals surface area contributed by atoms with Crippen LogP contribution in [0.3, 0.4) is 0 Å². The molecule has 14 heavy (non-hydrogen) atoms. The number of carboxylic acids is 1. The zero-order valence-corrected chi connectivity index (χ0v) is 8.29. The molecule has 1 atom stereocenters. The van der Waals surface area contributed by atoms with Crippen LogP contribution >= 0.6 is 0 Å². The molecule has 0 bridgehead atoms. The molecule has 1 unspecified atom stereocenters. The lowest BCUT2D eigenvalue weighted by molar-refractivity contribution is -0.150. The van der Waals surface area contributed by atoms with E-state index in [1.54, 1.807) is 13.8 Å². The van der Waals surface area contributed by atoms with Gasteiger partial charge in [0.05, 0.1) is 6.54 Å². The van der Waals surface area contributed by atoms with E-state index in [9.17, 15) is 14.0 Å². The van der Waals surface area contributed by atoms with Gasteiger partial charge in [0, 0.05) is 18.9 Å². The van der Waals surface area contributed by atoms with Crippen LogP contribution < -0.4 is 0 Å². The van der Waals surface area contributed by atoms with E-state index < -0.39 is 11.6 Å². The molecule has 0 saturated carbocycles. The SMILES string of the molecule is CC(C)C(=O)N1CCC(F)(C(=O)O)C1. The number of hydrogen-bond donors (Lipinski definition) is 1. The molecule has 0 aromatic heterocycles. The van der Waals surface area contributed by atoms with Crippen LogP contribution in [0.4, 0.5) is 4.39 Å². The minimum atomic E-state index is -2.25. The minimum Gasteiger partial charge on any atom is -0.479 e. The summed E-state index contributed by atoms with van der Waals surface area (Å²) >= 11 is 0. The normalized spacial score (nSPS) is 27.0. The van der Waals surface area contributed by atoms with Gasteiger partial charge in [-0.15, -0.1) is 0 Å². The fourth-order valence-corrected chi connectivity index (χ4v) is 1.50. The van der Waals surface area contributed by atoms with Crippen molar-refractivity contribution in [3.05, 3.63) is 0 Å². The Bertz CT molecular complexity index is 267. The molecule has 1 aliphatic heterocycles. The molecule has 0 spiro atoms. The Hall–Kier alpha value is -1.13. The second kappa shape index (κ2) is 3.55. The molecule has 1 aliphatic rings. The highest BCUT2D eigenvalue weighted by Gasteiger charge is 2.46. The lowest BCUT2D eigenvalue weighted by Crippen LogP contribution is -2.40. The highest BCUT2D eigenvalue weighted by Crippen LogP contribution is 2.26. The van der Waals surface area contributed by atoms with E-state index in [4.69, 9.17) is 5.11 Å². The second-order valence-electron chi connectivity index (χ2n) is 3.93. The summed E-state index contributed by atoms with van der Waals surface area (Å²) in [6.07, 6.45) is -0.110. The monoisotopic (exact) mass is 203 g/mol. The van der Waals surface area contributed by atoms with Crippen LogP contribution in [0, 0.1) is 5.92 Å². The predicted molar refractivity (Wildman–Crippen MR) is 47.5 cm³/mol. The summed E-state index contributed by atoms with van der Waals surface area (Å²) in [4.78, 5) is 23.2. The fourth-order valence-electron chi connectivity index (χ4n) is 1.50. The van der Waals surface area contributed by atoms with Gasteiger partial charge in [0.2, 0.25) is 11.6 Å². The molecular weight excluding hydrogens is 189 g/mol. The molecule has 80 valence electrons. The van der Waals surface area contributed by atoms with Gasteiger partial charge >= 0.3 is 5.97 Å². The Labute approximate surface area is 81.7 Å². The highest BCUT2D eigenvalue weighted by atomic mass is 19.1. The van der Waals surface area contributed by atoms with E-state index in [0.717, 1.165) is 0 Å². The number of carbonyl (C=O) groups is 2. The Morgan fingerprint density at radius 1 is 1.50 bits per heavy atom. The standard InChI is InChI=1S/C9H14FNO3/c1-6(2)7(12)11-4-3-9(10,5-11)8(13)14/h6H,3-5H2,1-2H3,(H,13,14). The number of carboxylic acid groups (broad SMARTS) is 1. The first kappa shape index (κ1) is 10.9. The number of likely N-dealkylation sites (tertiary alicyclic amines) is 1. The Morgan fingerprint density at radius 2 is 2.07 bits per heavy atom. The molecule has 0 aromatic carbocycles. The van der Waals surface area contributed by atoms with Gasteiger partial charge in [-0.2, -0.15) is 0 Å². The van der Waals surface area contributed by atoms with Gasteiger partial charge in [0.25, 0.3) is 0 Å². The van der Waals surface area contributed by atoms with Crippen molar-refractivity contribution < 1.29 is 19.1 Å². The molecule has 1 saturated heterocycles. The number of alkyl halides is 1. The van der Waals surface area contributed by atoms with Crippen molar-refractivity contribution in [1.29, 1.82) is 0 Å². The first-order valence-electron chi connectivity index (χ1n) is 4.58. The van der Waals surface area contributed by atoms with Crippen molar-refractivity contribution in [3.63, 3.8) is 0 Å². The van der Waals surface area contributed by atoms with Crippen molar-refractivity contribution >= 4 is 11.9 Å². The van der Waals surface area contributed by atoms with Crippen molar-refractivity contribution in [1.82, 2.24) is 4.90 Å². The van der Waals surface area contributed by atoms with Gasteiger partial charge in [0.15, 0.2) is 0 Å². The molecule has 0 radical (unpaired) electrons. The maximum atomic E-state index is 13.5. The zero-order valence-electron chi connectivity index (χ0n) is 8.29. The largest absolute Gasteiger partial charge is 0.479 e. The van der Waals surface area contributed by atoms with Gasteiger partial charge in [0.1, 0.15) is 0 Å². The second-order valence-corrected chi connectivity index (χ2v) is 3.93. The minimum absolute atomic E-state index is 0.110. The predicted octanol–water partition coefficient (Wildman–Crippen LogP) is 0.668. The Morgan fingerprint density at radius 3 is 2.43 bits per heavy atom. The molecule has 1 fully saturated rings. The van der Waals surface area contributed by atoms with Crippen LogP contribution in [0.15, 0.2) is 0 Å². The van der Waals surface area contributed by atoms with E-state index in [-0.39, 0.29) is 31.3 Å².